The number of hydrogen-bond donors (Lipinski definition) is 1. The van der Waals surface area contributed by atoms with E-state index < -0.39 is 5.97 Å². The molecule has 1 heterocycles. The number of rotatable bonds is 4. The lowest BCUT2D eigenvalue weighted by Gasteiger charge is -2.00. The van der Waals surface area contributed by atoms with E-state index in [4.69, 9.17) is 14.3 Å². The third-order valence-electron chi connectivity index (χ3n) is 2.54. The number of carboxylic acid groups (broad SMARTS) is 1. The molecule has 0 unspecified atom stereocenters. The Balaban J connectivity index is 2.47. The highest BCUT2D eigenvalue weighted by atomic mass is 16.5. The summed E-state index contributed by atoms with van der Waals surface area (Å²) >= 11 is 0. The summed E-state index contributed by atoms with van der Waals surface area (Å²) in [5.41, 5.74) is 1.14. The first kappa shape index (κ1) is 12.2. The fraction of sp³-hybridized carbons (Fsp3) is 0.231. The Bertz CT molecular complexity index is 574. The minimum atomic E-state index is -1.10. The molecule has 5 heteroatoms. The van der Waals surface area contributed by atoms with E-state index in [-0.39, 0.29) is 5.76 Å². The van der Waals surface area contributed by atoms with Crippen LogP contribution in [0.5, 0.6) is 5.75 Å². The summed E-state index contributed by atoms with van der Waals surface area (Å²) in [6, 6.07) is 7.13. The van der Waals surface area contributed by atoms with Gasteiger partial charge in [0, 0.05) is 5.56 Å². The Hall–Kier alpha value is -2.30. The van der Waals surface area contributed by atoms with Gasteiger partial charge in [-0.15, -0.1) is 0 Å². The average molecular weight is 247 g/mol. The predicted octanol–water partition coefficient (Wildman–Crippen LogP) is 2.61. The standard InChI is InChI=1S/C13H13NO4/c1-3-10-11(13(15)16)18-12(14-10)8-5-4-6-9(7-8)17-2/h4-7H,3H2,1-2H3,(H,15,16). The number of carbonyl (C=O) groups is 1. The first-order chi connectivity index (χ1) is 8.65. The molecule has 0 aliphatic carbocycles. The topological polar surface area (TPSA) is 72.6 Å². The molecule has 0 spiro atoms. The molecule has 0 saturated carbocycles. The number of nitrogens with zero attached hydrogens (tertiary/aromatic N) is 1. The summed E-state index contributed by atoms with van der Waals surface area (Å²) in [7, 11) is 1.56. The molecule has 0 aliphatic heterocycles. The maximum atomic E-state index is 11.0. The van der Waals surface area contributed by atoms with Gasteiger partial charge in [0.25, 0.3) is 0 Å². The predicted molar refractivity (Wildman–Crippen MR) is 64.8 cm³/mol. The lowest BCUT2D eigenvalue weighted by atomic mass is 10.2. The van der Waals surface area contributed by atoms with E-state index in [0.29, 0.717) is 29.3 Å². The zero-order chi connectivity index (χ0) is 13.1. The molecule has 94 valence electrons. The lowest BCUT2D eigenvalue weighted by molar-refractivity contribution is 0.0662. The third-order valence-corrected chi connectivity index (χ3v) is 2.54. The van der Waals surface area contributed by atoms with E-state index >= 15 is 0 Å². The first-order valence-electron chi connectivity index (χ1n) is 5.53. The molecule has 5 nitrogen and oxygen atoms in total. The van der Waals surface area contributed by atoms with Gasteiger partial charge >= 0.3 is 5.97 Å². The number of oxazole rings is 1. The number of benzene rings is 1. The molecule has 0 aliphatic rings. The minimum Gasteiger partial charge on any atom is -0.497 e. The molecule has 0 fully saturated rings. The van der Waals surface area contributed by atoms with E-state index in [1.54, 1.807) is 31.4 Å². The van der Waals surface area contributed by atoms with Crippen molar-refractivity contribution in [2.45, 2.75) is 13.3 Å². The Morgan fingerprint density at radius 2 is 2.28 bits per heavy atom. The second-order valence-corrected chi connectivity index (χ2v) is 3.69. The molecule has 0 atom stereocenters. The summed E-state index contributed by atoms with van der Waals surface area (Å²) in [6.07, 6.45) is 0.509. The van der Waals surface area contributed by atoms with Crippen LogP contribution in [0.15, 0.2) is 28.7 Å². The minimum absolute atomic E-state index is 0.102. The van der Waals surface area contributed by atoms with Gasteiger partial charge < -0.3 is 14.3 Å². The second-order valence-electron chi connectivity index (χ2n) is 3.69. The van der Waals surface area contributed by atoms with Gasteiger partial charge in [-0.2, -0.15) is 0 Å². The summed E-state index contributed by atoms with van der Waals surface area (Å²) in [4.78, 5) is 15.2. The maximum Gasteiger partial charge on any atom is 0.373 e. The van der Waals surface area contributed by atoms with E-state index in [1.165, 1.54) is 0 Å². The van der Waals surface area contributed by atoms with E-state index in [2.05, 4.69) is 4.98 Å². The van der Waals surface area contributed by atoms with Gasteiger partial charge in [-0.1, -0.05) is 13.0 Å². The van der Waals surface area contributed by atoms with Crippen LogP contribution in [0.3, 0.4) is 0 Å². The van der Waals surface area contributed by atoms with Crippen LogP contribution in [0.4, 0.5) is 0 Å². The van der Waals surface area contributed by atoms with Gasteiger partial charge in [0.05, 0.1) is 12.8 Å². The van der Waals surface area contributed by atoms with Gasteiger partial charge in [-0.25, -0.2) is 9.78 Å². The molecule has 0 bridgehead atoms. The normalized spacial score (nSPS) is 10.3. The van der Waals surface area contributed by atoms with Crippen molar-refractivity contribution in [3.63, 3.8) is 0 Å². The van der Waals surface area contributed by atoms with Crippen LogP contribution in [-0.4, -0.2) is 23.2 Å². The Morgan fingerprint density at radius 3 is 2.83 bits per heavy atom. The third kappa shape index (κ3) is 2.20. The van der Waals surface area contributed by atoms with Crippen LogP contribution < -0.4 is 4.74 Å². The fourth-order valence-electron chi connectivity index (χ4n) is 1.64. The zero-order valence-corrected chi connectivity index (χ0v) is 10.1. The van der Waals surface area contributed by atoms with Crippen molar-refractivity contribution in [1.29, 1.82) is 0 Å². The van der Waals surface area contributed by atoms with Crippen molar-refractivity contribution < 1.29 is 19.1 Å². The molecule has 0 radical (unpaired) electrons. The van der Waals surface area contributed by atoms with Crippen LogP contribution in [0.2, 0.25) is 0 Å². The fourth-order valence-corrected chi connectivity index (χ4v) is 1.64. The highest BCUT2D eigenvalue weighted by molar-refractivity contribution is 5.86. The molecule has 2 aromatic rings. The van der Waals surface area contributed by atoms with Crippen molar-refractivity contribution in [3.8, 4) is 17.2 Å². The highest BCUT2D eigenvalue weighted by Crippen LogP contribution is 2.25. The monoisotopic (exact) mass is 247 g/mol. The molecular formula is C13H13NO4. The maximum absolute atomic E-state index is 11.0. The number of carboxylic acids is 1. The summed E-state index contributed by atoms with van der Waals surface area (Å²) in [5, 5.41) is 9.00. The number of methoxy groups -OCH3 is 1. The molecule has 1 N–H and O–H groups in total. The Labute approximate surface area is 104 Å². The van der Waals surface area contributed by atoms with Crippen LogP contribution in [0.25, 0.3) is 11.5 Å². The molecular weight excluding hydrogens is 234 g/mol. The van der Waals surface area contributed by atoms with E-state index in [1.807, 2.05) is 6.92 Å². The quantitative estimate of drug-likeness (QED) is 0.899. The zero-order valence-electron chi connectivity index (χ0n) is 10.1. The number of hydrogen-bond acceptors (Lipinski definition) is 4. The average Bonchev–Trinajstić information content (AvgIpc) is 2.83. The van der Waals surface area contributed by atoms with Gasteiger partial charge in [-0.05, 0) is 24.6 Å². The molecule has 1 aromatic heterocycles. The Kier molecular flexibility index (Phi) is 3.32. The number of aromatic nitrogens is 1. The summed E-state index contributed by atoms with van der Waals surface area (Å²) in [5.74, 6) is -0.243. The van der Waals surface area contributed by atoms with Crippen molar-refractivity contribution in [3.05, 3.63) is 35.7 Å². The molecule has 2 rings (SSSR count). The highest BCUT2D eigenvalue weighted by Gasteiger charge is 2.19. The summed E-state index contributed by atoms with van der Waals surface area (Å²) < 4.78 is 10.4. The van der Waals surface area contributed by atoms with E-state index in [9.17, 15) is 4.79 Å². The number of aromatic carboxylic acids is 1. The van der Waals surface area contributed by atoms with E-state index in [0.717, 1.165) is 0 Å². The molecule has 18 heavy (non-hydrogen) atoms. The van der Waals surface area contributed by atoms with Gasteiger partial charge in [-0.3, -0.25) is 0 Å². The van der Waals surface area contributed by atoms with Crippen LogP contribution in [-0.2, 0) is 6.42 Å². The molecule has 0 amide bonds. The van der Waals surface area contributed by atoms with Gasteiger partial charge in [0.15, 0.2) is 0 Å². The summed E-state index contributed by atoms with van der Waals surface area (Å²) in [6.45, 7) is 1.83. The van der Waals surface area contributed by atoms with Crippen molar-refractivity contribution in [1.82, 2.24) is 4.98 Å². The molecule has 0 saturated heterocycles. The number of ether oxygens (including phenoxy) is 1. The largest absolute Gasteiger partial charge is 0.497 e. The SMILES string of the molecule is CCc1nc(-c2cccc(OC)c2)oc1C(=O)O. The second kappa shape index (κ2) is 4.91. The van der Waals surface area contributed by atoms with Crippen molar-refractivity contribution in [2.75, 3.05) is 7.11 Å². The molecule has 1 aromatic carbocycles. The first-order valence-corrected chi connectivity index (χ1v) is 5.53. The van der Waals surface area contributed by atoms with Gasteiger partial charge in [0.2, 0.25) is 11.7 Å². The van der Waals surface area contributed by atoms with Crippen LogP contribution in [0.1, 0.15) is 23.2 Å². The van der Waals surface area contributed by atoms with Crippen LogP contribution >= 0.6 is 0 Å². The smallest absolute Gasteiger partial charge is 0.373 e. The lowest BCUT2D eigenvalue weighted by Crippen LogP contribution is -1.98. The van der Waals surface area contributed by atoms with Crippen molar-refractivity contribution in [2.24, 2.45) is 0 Å². The van der Waals surface area contributed by atoms with Crippen molar-refractivity contribution >= 4 is 5.97 Å². The van der Waals surface area contributed by atoms with Gasteiger partial charge in [0.1, 0.15) is 5.75 Å². The van der Waals surface area contributed by atoms with Crippen LogP contribution in [0, 0.1) is 0 Å². The Morgan fingerprint density at radius 1 is 1.50 bits per heavy atom. The number of aryl methyl sites for hydroxylation is 1.